The summed E-state index contributed by atoms with van der Waals surface area (Å²) in [4.78, 5) is 4.55. The highest BCUT2D eigenvalue weighted by molar-refractivity contribution is 7.89. The van der Waals surface area contributed by atoms with Crippen LogP contribution in [-0.2, 0) is 14.8 Å². The number of nitrogens with one attached hydrogen (secondary N) is 1. The Morgan fingerprint density at radius 1 is 1.38 bits per heavy atom. The van der Waals surface area contributed by atoms with Crippen LogP contribution >= 0.6 is 0 Å². The van der Waals surface area contributed by atoms with Crippen LogP contribution in [0.25, 0.3) is 10.9 Å². The summed E-state index contributed by atoms with van der Waals surface area (Å²) in [5.74, 6) is 0. The summed E-state index contributed by atoms with van der Waals surface area (Å²) in [5.41, 5.74) is 1.68. The van der Waals surface area contributed by atoms with E-state index in [1.165, 1.54) is 0 Å². The predicted octanol–water partition coefficient (Wildman–Crippen LogP) is 2.00. The summed E-state index contributed by atoms with van der Waals surface area (Å²) in [6, 6.07) is 6.96. The van der Waals surface area contributed by atoms with Gasteiger partial charge in [-0.05, 0) is 43.5 Å². The van der Waals surface area contributed by atoms with Crippen LogP contribution in [0.4, 0.5) is 0 Å². The molecule has 1 aliphatic heterocycles. The summed E-state index contributed by atoms with van der Waals surface area (Å²) in [5, 5.41) is 0.650. The number of aromatic nitrogens is 1. The molecule has 5 nitrogen and oxygen atoms in total. The molecule has 0 aliphatic carbocycles. The maximum Gasteiger partial charge on any atom is 0.241 e. The standard InChI is InChI=1S/C15H18N2O3S/c1-11-6-7-14(13-5-2-8-16-15(11)13)21(18,19)17-10-12-4-3-9-20-12/h2,5-8,12,17H,3-4,9-10H2,1H3. The normalized spacial score (nSPS) is 19.2. The molecule has 2 aromatic rings. The summed E-state index contributed by atoms with van der Waals surface area (Å²) >= 11 is 0. The molecule has 3 rings (SSSR count). The second kappa shape index (κ2) is 5.71. The van der Waals surface area contributed by atoms with Crippen LogP contribution in [0.15, 0.2) is 35.4 Å². The SMILES string of the molecule is Cc1ccc(S(=O)(=O)NCC2CCCO2)c2cccnc12. The molecule has 0 radical (unpaired) electrons. The Labute approximate surface area is 124 Å². The lowest BCUT2D eigenvalue weighted by Crippen LogP contribution is -2.32. The summed E-state index contributed by atoms with van der Waals surface area (Å²) in [6.45, 7) is 2.95. The van der Waals surface area contributed by atoms with Crippen LogP contribution < -0.4 is 4.72 Å². The van der Waals surface area contributed by atoms with Crippen molar-refractivity contribution in [1.82, 2.24) is 9.71 Å². The zero-order valence-corrected chi connectivity index (χ0v) is 12.7. The summed E-state index contributed by atoms with van der Waals surface area (Å²) in [6.07, 6.45) is 3.54. The fourth-order valence-electron chi connectivity index (χ4n) is 2.61. The van der Waals surface area contributed by atoms with Gasteiger partial charge in [-0.2, -0.15) is 0 Å². The minimum atomic E-state index is -3.56. The zero-order valence-electron chi connectivity index (χ0n) is 11.9. The average molecular weight is 306 g/mol. The maximum absolute atomic E-state index is 12.5. The number of hydrogen-bond donors (Lipinski definition) is 1. The number of hydrogen-bond acceptors (Lipinski definition) is 4. The van der Waals surface area contributed by atoms with Crippen molar-refractivity contribution in [2.24, 2.45) is 0 Å². The molecule has 0 amide bonds. The van der Waals surface area contributed by atoms with Gasteiger partial charge in [0.1, 0.15) is 0 Å². The molecule has 1 saturated heterocycles. The second-order valence-corrected chi connectivity index (χ2v) is 7.00. The van der Waals surface area contributed by atoms with E-state index in [1.54, 1.807) is 30.5 Å². The topological polar surface area (TPSA) is 68.3 Å². The third-order valence-corrected chi connectivity index (χ3v) is 5.23. The number of benzene rings is 1. The molecule has 1 atom stereocenters. The Morgan fingerprint density at radius 3 is 3.00 bits per heavy atom. The first kappa shape index (κ1) is 14.4. The van der Waals surface area contributed by atoms with Crippen molar-refractivity contribution in [3.63, 3.8) is 0 Å². The molecule has 112 valence electrons. The number of fused-ring (bicyclic) bond motifs is 1. The van der Waals surface area contributed by atoms with Crippen LogP contribution in [0.5, 0.6) is 0 Å². The number of pyridine rings is 1. The van der Waals surface area contributed by atoms with Gasteiger partial charge in [-0.3, -0.25) is 4.98 Å². The molecule has 1 aromatic carbocycles. The number of ether oxygens (including phenoxy) is 1. The van der Waals surface area contributed by atoms with Gasteiger partial charge < -0.3 is 4.74 Å². The highest BCUT2D eigenvalue weighted by Gasteiger charge is 2.22. The van der Waals surface area contributed by atoms with Gasteiger partial charge in [0, 0.05) is 24.7 Å². The molecular formula is C15H18N2O3S. The highest BCUT2D eigenvalue weighted by atomic mass is 32.2. The van der Waals surface area contributed by atoms with Crippen molar-refractivity contribution >= 4 is 20.9 Å². The van der Waals surface area contributed by atoms with Crippen LogP contribution in [0, 0.1) is 6.92 Å². The Hall–Kier alpha value is -1.50. The third-order valence-electron chi connectivity index (χ3n) is 3.75. The van der Waals surface area contributed by atoms with Gasteiger partial charge in [-0.25, -0.2) is 13.1 Å². The van der Waals surface area contributed by atoms with E-state index < -0.39 is 10.0 Å². The van der Waals surface area contributed by atoms with E-state index in [0.29, 0.717) is 18.5 Å². The number of aryl methyl sites for hydroxylation is 1. The molecule has 1 unspecified atom stereocenters. The van der Waals surface area contributed by atoms with Gasteiger partial charge in [0.15, 0.2) is 0 Å². The lowest BCUT2D eigenvalue weighted by atomic mass is 10.1. The van der Waals surface area contributed by atoms with Crippen molar-refractivity contribution in [3.05, 3.63) is 36.0 Å². The molecule has 1 fully saturated rings. The van der Waals surface area contributed by atoms with E-state index in [4.69, 9.17) is 4.74 Å². The van der Waals surface area contributed by atoms with Crippen LogP contribution in [0.1, 0.15) is 18.4 Å². The fourth-order valence-corrected chi connectivity index (χ4v) is 3.87. The third kappa shape index (κ3) is 2.92. The number of rotatable bonds is 4. The molecule has 0 spiro atoms. The van der Waals surface area contributed by atoms with Gasteiger partial charge in [0.2, 0.25) is 10.0 Å². The molecule has 1 aliphatic rings. The number of nitrogens with zero attached hydrogens (tertiary/aromatic N) is 1. The molecular weight excluding hydrogens is 288 g/mol. The predicted molar refractivity (Wildman–Crippen MR) is 80.6 cm³/mol. The Bertz CT molecular complexity index is 753. The smallest absolute Gasteiger partial charge is 0.241 e. The van der Waals surface area contributed by atoms with E-state index in [2.05, 4.69) is 9.71 Å². The molecule has 2 heterocycles. The fraction of sp³-hybridized carbons (Fsp3) is 0.400. The minimum Gasteiger partial charge on any atom is -0.377 e. The lowest BCUT2D eigenvalue weighted by molar-refractivity contribution is 0.114. The van der Waals surface area contributed by atoms with E-state index >= 15 is 0 Å². The quantitative estimate of drug-likeness (QED) is 0.938. The van der Waals surface area contributed by atoms with Gasteiger partial charge in [0.05, 0.1) is 16.5 Å². The van der Waals surface area contributed by atoms with Crippen molar-refractivity contribution in [2.45, 2.75) is 30.8 Å². The average Bonchev–Trinajstić information content (AvgIpc) is 2.99. The molecule has 21 heavy (non-hydrogen) atoms. The van der Waals surface area contributed by atoms with Gasteiger partial charge in [-0.15, -0.1) is 0 Å². The molecule has 0 bridgehead atoms. The highest BCUT2D eigenvalue weighted by Crippen LogP contribution is 2.24. The van der Waals surface area contributed by atoms with E-state index in [9.17, 15) is 8.42 Å². The van der Waals surface area contributed by atoms with Crippen molar-refractivity contribution in [1.29, 1.82) is 0 Å². The molecule has 1 N–H and O–H groups in total. The monoisotopic (exact) mass is 306 g/mol. The van der Waals surface area contributed by atoms with Crippen LogP contribution in [0.2, 0.25) is 0 Å². The Morgan fingerprint density at radius 2 is 2.24 bits per heavy atom. The summed E-state index contributed by atoms with van der Waals surface area (Å²) < 4.78 is 33.1. The molecule has 6 heteroatoms. The van der Waals surface area contributed by atoms with Crippen molar-refractivity contribution in [3.8, 4) is 0 Å². The minimum absolute atomic E-state index is 0.0189. The van der Waals surface area contributed by atoms with E-state index in [0.717, 1.165) is 23.9 Å². The van der Waals surface area contributed by atoms with Crippen molar-refractivity contribution < 1.29 is 13.2 Å². The van der Waals surface area contributed by atoms with Crippen LogP contribution in [-0.4, -0.2) is 32.7 Å². The van der Waals surface area contributed by atoms with E-state index in [1.807, 2.05) is 6.92 Å². The first-order valence-corrected chi connectivity index (χ1v) is 8.52. The first-order valence-electron chi connectivity index (χ1n) is 7.03. The largest absolute Gasteiger partial charge is 0.377 e. The van der Waals surface area contributed by atoms with Gasteiger partial charge in [-0.1, -0.05) is 6.07 Å². The lowest BCUT2D eigenvalue weighted by Gasteiger charge is -2.13. The first-order chi connectivity index (χ1) is 10.1. The zero-order chi connectivity index (χ0) is 14.9. The van der Waals surface area contributed by atoms with E-state index in [-0.39, 0.29) is 11.0 Å². The summed E-state index contributed by atoms with van der Waals surface area (Å²) in [7, 11) is -3.56. The van der Waals surface area contributed by atoms with Crippen molar-refractivity contribution in [2.75, 3.05) is 13.2 Å². The Kier molecular flexibility index (Phi) is 3.93. The van der Waals surface area contributed by atoms with Gasteiger partial charge in [0.25, 0.3) is 0 Å². The maximum atomic E-state index is 12.5. The second-order valence-electron chi connectivity index (χ2n) is 5.27. The van der Waals surface area contributed by atoms with Crippen LogP contribution in [0.3, 0.4) is 0 Å². The Balaban J connectivity index is 1.93. The van der Waals surface area contributed by atoms with Gasteiger partial charge >= 0.3 is 0 Å². The molecule has 0 saturated carbocycles. The molecule has 1 aromatic heterocycles. The number of sulfonamides is 1.